The molecule has 0 amide bonds. The van der Waals surface area contributed by atoms with Crippen molar-refractivity contribution in [3.05, 3.63) is 100.0 Å². The molecule has 9 nitrogen and oxygen atoms in total. The number of nitrogens with two attached hydrogens (primary N) is 1. The Morgan fingerprint density at radius 2 is 1.19 bits per heavy atom. The van der Waals surface area contributed by atoms with E-state index in [4.69, 9.17) is 5.41 Å². The molecular formula is C31H35N3NaO6S2+. The summed E-state index contributed by atoms with van der Waals surface area (Å²) in [5, 5.41) is 6.17. The van der Waals surface area contributed by atoms with Crippen molar-refractivity contribution in [1.29, 1.82) is 0 Å². The molecule has 43 heavy (non-hydrogen) atoms. The third-order valence-electron chi connectivity index (χ3n) is 7.52. The van der Waals surface area contributed by atoms with E-state index in [1.807, 2.05) is 48.5 Å². The molecule has 0 aromatic heterocycles. The fourth-order valence-corrected chi connectivity index (χ4v) is 6.46. The molecular weight excluding hydrogens is 597 g/mol. The predicted molar refractivity (Wildman–Crippen MR) is 166 cm³/mol. The van der Waals surface area contributed by atoms with Crippen molar-refractivity contribution in [3.8, 4) is 0 Å². The number of anilines is 2. The second-order valence-electron chi connectivity index (χ2n) is 9.79. The van der Waals surface area contributed by atoms with E-state index in [2.05, 4.69) is 37.5 Å². The van der Waals surface area contributed by atoms with Gasteiger partial charge in [0.2, 0.25) is 5.71 Å². The summed E-state index contributed by atoms with van der Waals surface area (Å²) in [5.74, 6) is 0. The summed E-state index contributed by atoms with van der Waals surface area (Å²) in [6, 6.07) is 19.3. The van der Waals surface area contributed by atoms with Gasteiger partial charge in [0.15, 0.2) is 4.91 Å². The molecule has 3 N–H and O–H groups in total. The maximum atomic E-state index is 12.5. The Balaban J connectivity index is 0.00000506. The van der Waals surface area contributed by atoms with Crippen LogP contribution >= 0.6 is 0 Å². The number of benzene rings is 3. The Kier molecular flexibility index (Phi) is 11.2. The molecule has 0 aliphatic heterocycles. The molecule has 0 saturated carbocycles. The van der Waals surface area contributed by atoms with Gasteiger partial charge in [-0.2, -0.15) is 8.42 Å². The van der Waals surface area contributed by atoms with Crippen LogP contribution in [0, 0.1) is 0 Å². The molecule has 3 aromatic carbocycles. The number of fused-ring (bicyclic) bond motifs is 1. The zero-order valence-corrected chi connectivity index (χ0v) is 28.7. The standard InChI is InChI=1S/C31H35N3O6S2.Na/c1-5-33(6-2)23-13-9-21(10-14-23)30(22-11-15-24(16-12-22)34(7-3)8-4)27-20-29(42(38,39)40)31(32)28-19-25(41(35,36)37)17-18-26(27)28;/h9-20,32H,5-8H2,1-4H3,(H,35,36,37)(H,38,39,40);/q;+1. The van der Waals surface area contributed by atoms with Crippen molar-refractivity contribution in [1.82, 2.24) is 0 Å². The van der Waals surface area contributed by atoms with Gasteiger partial charge in [-0.05, 0) is 98.0 Å². The third-order valence-corrected chi connectivity index (χ3v) is 9.24. The maximum Gasteiger partial charge on any atom is 1.00 e. The maximum absolute atomic E-state index is 12.5. The van der Waals surface area contributed by atoms with Gasteiger partial charge in [0, 0.05) is 37.6 Å². The Labute approximate surface area is 276 Å². The van der Waals surface area contributed by atoms with Gasteiger partial charge in [-0.1, -0.05) is 30.3 Å². The van der Waals surface area contributed by atoms with E-state index in [1.54, 1.807) is 0 Å². The predicted octanol–water partition coefficient (Wildman–Crippen LogP) is 0.580. The summed E-state index contributed by atoms with van der Waals surface area (Å²) in [7, 11) is -9.69. The number of hydrogen-bond acceptors (Lipinski definition) is 7. The molecule has 0 spiro atoms. The summed E-state index contributed by atoms with van der Waals surface area (Å²) in [5.41, 5.74) is 4.68. The molecule has 12 heteroatoms. The van der Waals surface area contributed by atoms with Crippen molar-refractivity contribution in [2.75, 3.05) is 36.0 Å². The molecule has 0 saturated heterocycles. The monoisotopic (exact) mass is 632 g/mol. The molecule has 0 atom stereocenters. The molecule has 0 radical (unpaired) electrons. The smallest absolute Gasteiger partial charge is 0.744 e. The molecule has 3 aromatic rings. The van der Waals surface area contributed by atoms with Gasteiger partial charge in [-0.25, -0.2) is 8.42 Å². The van der Waals surface area contributed by atoms with Crippen molar-refractivity contribution >= 4 is 48.5 Å². The summed E-state index contributed by atoms with van der Waals surface area (Å²) in [4.78, 5) is 3.25. The number of hydrogen-bond donors (Lipinski definition) is 2. The van der Waals surface area contributed by atoms with Crippen LogP contribution < -0.4 is 44.8 Å². The summed E-state index contributed by atoms with van der Waals surface area (Å²) in [6.45, 7) is 11.6. The second-order valence-corrected chi connectivity index (χ2v) is 12.6. The first-order valence-electron chi connectivity index (χ1n) is 13.7. The molecule has 4 rings (SSSR count). The normalized spacial score (nSPS) is 13.1. The van der Waals surface area contributed by atoms with Crippen molar-refractivity contribution < 1.29 is 60.9 Å². The van der Waals surface area contributed by atoms with E-state index in [1.165, 1.54) is 18.2 Å². The number of nitrogens with zero attached hydrogens (tertiary/aromatic N) is 2. The van der Waals surface area contributed by atoms with Crippen LogP contribution in [-0.4, -0.2) is 57.8 Å². The largest absolute Gasteiger partial charge is 1.00 e. The average molecular weight is 633 g/mol. The zero-order valence-electron chi connectivity index (χ0n) is 25.0. The first-order chi connectivity index (χ1) is 19.8. The van der Waals surface area contributed by atoms with Crippen LogP contribution in [0.2, 0.25) is 0 Å². The average Bonchev–Trinajstić information content (AvgIpc) is 2.96. The molecule has 0 heterocycles. The molecule has 0 unspecified atom stereocenters. The Hall–Kier alpha value is -2.77. The fraction of sp³-hybridized carbons (Fsp3) is 0.258. The topological polar surface area (TPSA) is 144 Å². The van der Waals surface area contributed by atoms with Gasteiger partial charge in [0.1, 0.15) is 10.1 Å². The van der Waals surface area contributed by atoms with Crippen molar-refractivity contribution in [2.24, 2.45) is 0 Å². The summed E-state index contributed by atoms with van der Waals surface area (Å²) >= 11 is 0. The van der Waals surface area contributed by atoms with Gasteiger partial charge >= 0.3 is 39.7 Å². The van der Waals surface area contributed by atoms with E-state index in [0.29, 0.717) is 16.7 Å². The van der Waals surface area contributed by atoms with E-state index in [-0.39, 0.29) is 40.8 Å². The molecule has 1 aliphatic carbocycles. The number of rotatable bonds is 10. The minimum absolute atomic E-state index is 0. The van der Waals surface area contributed by atoms with Crippen LogP contribution in [0.15, 0.2) is 82.6 Å². The van der Waals surface area contributed by atoms with Gasteiger partial charge < -0.3 is 14.4 Å². The van der Waals surface area contributed by atoms with Crippen LogP contribution in [0.25, 0.3) is 11.1 Å². The summed E-state index contributed by atoms with van der Waals surface area (Å²) in [6.07, 6.45) is 1.30. The second kappa shape index (κ2) is 13.9. The minimum Gasteiger partial charge on any atom is -0.744 e. The van der Waals surface area contributed by atoms with Crippen LogP contribution in [0.5, 0.6) is 0 Å². The first-order valence-corrected chi connectivity index (χ1v) is 16.6. The van der Waals surface area contributed by atoms with Crippen molar-refractivity contribution in [3.63, 3.8) is 0 Å². The third kappa shape index (κ3) is 7.31. The van der Waals surface area contributed by atoms with Crippen LogP contribution in [0.3, 0.4) is 0 Å². The van der Waals surface area contributed by atoms with Gasteiger partial charge in [-0.15, -0.1) is 0 Å². The Morgan fingerprint density at radius 1 is 0.744 bits per heavy atom. The van der Waals surface area contributed by atoms with Crippen LogP contribution in [-0.2, 0) is 20.2 Å². The molecule has 0 bridgehead atoms. The Morgan fingerprint density at radius 3 is 1.56 bits per heavy atom. The number of allylic oxidation sites excluding steroid dienone is 3. The first kappa shape index (κ1) is 34.7. The van der Waals surface area contributed by atoms with E-state index < -0.39 is 30.0 Å². The van der Waals surface area contributed by atoms with E-state index >= 15 is 0 Å². The van der Waals surface area contributed by atoms with E-state index in [0.717, 1.165) is 54.7 Å². The fourth-order valence-electron chi connectivity index (χ4n) is 5.31. The SMILES string of the molecule is CCN(CC)c1ccc(C(=C2C=C(S(=O)(=O)O)C(=[NH2+])c3cc(S(=O)(=O)[O-])ccc32)c2ccc(N(CC)CC)cc2)cc1.[Na+]. The Bertz CT molecular complexity index is 1720. The molecule has 1 aliphatic rings. The van der Waals surface area contributed by atoms with E-state index in [9.17, 15) is 25.9 Å². The molecule has 0 fully saturated rings. The quantitative estimate of drug-likeness (QED) is 0.244. The van der Waals surface area contributed by atoms with Gasteiger partial charge in [0.25, 0.3) is 0 Å². The molecule has 222 valence electrons. The van der Waals surface area contributed by atoms with Gasteiger partial charge in [0.05, 0.1) is 10.5 Å². The van der Waals surface area contributed by atoms with Crippen LogP contribution in [0.4, 0.5) is 11.4 Å². The van der Waals surface area contributed by atoms with Gasteiger partial charge in [-0.3, -0.25) is 9.96 Å². The zero-order chi connectivity index (χ0) is 30.8. The van der Waals surface area contributed by atoms with Crippen molar-refractivity contribution in [2.45, 2.75) is 32.6 Å². The minimum atomic E-state index is -4.87. The summed E-state index contributed by atoms with van der Waals surface area (Å²) < 4.78 is 70.5. The van der Waals surface area contributed by atoms with Crippen LogP contribution in [0.1, 0.15) is 49.9 Å².